The zero-order chi connectivity index (χ0) is 12.2. The molecule has 0 aromatic heterocycles. The van der Waals surface area contributed by atoms with E-state index in [1.165, 1.54) is 0 Å². The van der Waals surface area contributed by atoms with Crippen LogP contribution in [-0.4, -0.2) is 24.3 Å². The minimum absolute atomic E-state index is 0.0547. The van der Waals surface area contributed by atoms with Gasteiger partial charge in [0.05, 0.1) is 5.60 Å². The van der Waals surface area contributed by atoms with Gasteiger partial charge in [-0.1, -0.05) is 27.7 Å². The molecule has 2 rings (SSSR count). The standard InChI is InChI=1S/C14H27NO/c1-12(2)9-10(7-8-16-12)15-11-13(3,4)14(11,5)6/h10-11,15H,7-9H2,1-6H3. The second-order valence-electron chi connectivity index (χ2n) is 7.34. The van der Waals surface area contributed by atoms with Crippen LogP contribution in [0.5, 0.6) is 0 Å². The number of ether oxygens (including phenoxy) is 1. The Hall–Kier alpha value is -0.0800. The molecule has 1 atom stereocenters. The molecular formula is C14H27NO. The monoisotopic (exact) mass is 225 g/mol. The van der Waals surface area contributed by atoms with E-state index in [-0.39, 0.29) is 5.60 Å². The molecule has 2 aliphatic rings. The SMILES string of the molecule is CC1(C)CC(NC2C(C)(C)C2(C)C)CCO1. The van der Waals surface area contributed by atoms with Gasteiger partial charge in [-0.2, -0.15) is 0 Å². The Kier molecular flexibility index (Phi) is 2.67. The molecule has 1 aliphatic heterocycles. The van der Waals surface area contributed by atoms with Gasteiger partial charge >= 0.3 is 0 Å². The summed E-state index contributed by atoms with van der Waals surface area (Å²) in [5.41, 5.74) is 0.935. The summed E-state index contributed by atoms with van der Waals surface area (Å²) in [6.45, 7) is 14.8. The average Bonchev–Trinajstić information content (AvgIpc) is 2.46. The highest BCUT2D eigenvalue weighted by Crippen LogP contribution is 2.62. The van der Waals surface area contributed by atoms with Crippen molar-refractivity contribution in [2.75, 3.05) is 6.61 Å². The van der Waals surface area contributed by atoms with E-state index in [4.69, 9.17) is 4.74 Å². The fourth-order valence-electron chi connectivity index (χ4n) is 3.22. The van der Waals surface area contributed by atoms with E-state index < -0.39 is 0 Å². The van der Waals surface area contributed by atoms with Crippen LogP contribution >= 0.6 is 0 Å². The second kappa shape index (κ2) is 3.46. The van der Waals surface area contributed by atoms with Gasteiger partial charge < -0.3 is 10.1 Å². The highest BCUT2D eigenvalue weighted by atomic mass is 16.5. The van der Waals surface area contributed by atoms with E-state index in [0.29, 0.717) is 22.9 Å². The third-order valence-corrected chi connectivity index (χ3v) is 5.12. The third kappa shape index (κ3) is 1.91. The number of hydrogen-bond acceptors (Lipinski definition) is 2. The van der Waals surface area contributed by atoms with Crippen molar-refractivity contribution < 1.29 is 4.74 Å². The van der Waals surface area contributed by atoms with E-state index in [1.807, 2.05) is 0 Å². The lowest BCUT2D eigenvalue weighted by atomic mass is 9.93. The normalized spacial score (nSPS) is 36.0. The summed E-state index contributed by atoms with van der Waals surface area (Å²) in [7, 11) is 0. The van der Waals surface area contributed by atoms with E-state index >= 15 is 0 Å². The van der Waals surface area contributed by atoms with Crippen LogP contribution in [0, 0.1) is 10.8 Å². The van der Waals surface area contributed by atoms with Gasteiger partial charge in [-0.3, -0.25) is 0 Å². The Morgan fingerprint density at radius 2 is 1.56 bits per heavy atom. The van der Waals surface area contributed by atoms with Crippen LogP contribution in [0.15, 0.2) is 0 Å². The lowest BCUT2D eigenvalue weighted by Crippen LogP contribution is -2.45. The number of nitrogens with one attached hydrogen (secondary N) is 1. The Bertz CT molecular complexity index is 266. The Labute approximate surface area is 100 Å². The summed E-state index contributed by atoms with van der Waals surface area (Å²) in [6, 6.07) is 1.30. The van der Waals surface area contributed by atoms with Crippen LogP contribution in [-0.2, 0) is 4.74 Å². The molecule has 1 heterocycles. The van der Waals surface area contributed by atoms with E-state index in [2.05, 4.69) is 46.9 Å². The molecule has 0 aromatic carbocycles. The molecule has 1 N–H and O–H groups in total. The fraction of sp³-hybridized carbons (Fsp3) is 1.00. The van der Waals surface area contributed by atoms with Gasteiger partial charge in [-0.15, -0.1) is 0 Å². The first-order valence-electron chi connectivity index (χ1n) is 6.57. The molecular weight excluding hydrogens is 198 g/mol. The molecule has 0 bridgehead atoms. The Balaban J connectivity index is 1.92. The van der Waals surface area contributed by atoms with E-state index in [1.54, 1.807) is 0 Å². The summed E-state index contributed by atoms with van der Waals surface area (Å²) in [6.07, 6.45) is 2.29. The van der Waals surface area contributed by atoms with E-state index in [9.17, 15) is 0 Å². The number of hydrogen-bond donors (Lipinski definition) is 1. The van der Waals surface area contributed by atoms with Gasteiger partial charge in [0, 0.05) is 18.7 Å². The molecule has 1 saturated heterocycles. The van der Waals surface area contributed by atoms with Crippen molar-refractivity contribution in [1.82, 2.24) is 5.32 Å². The molecule has 2 heteroatoms. The van der Waals surface area contributed by atoms with Gasteiger partial charge in [0.15, 0.2) is 0 Å². The summed E-state index contributed by atoms with van der Waals surface area (Å²) in [5, 5.41) is 3.85. The van der Waals surface area contributed by atoms with Crippen molar-refractivity contribution >= 4 is 0 Å². The minimum atomic E-state index is 0.0547. The fourth-order valence-corrected chi connectivity index (χ4v) is 3.22. The molecule has 0 aromatic rings. The molecule has 0 amide bonds. The van der Waals surface area contributed by atoms with Gasteiger partial charge in [0.1, 0.15) is 0 Å². The van der Waals surface area contributed by atoms with Crippen LogP contribution < -0.4 is 5.32 Å². The largest absolute Gasteiger partial charge is 0.375 e. The van der Waals surface area contributed by atoms with Crippen molar-refractivity contribution in [2.24, 2.45) is 10.8 Å². The summed E-state index contributed by atoms with van der Waals surface area (Å²) in [4.78, 5) is 0. The van der Waals surface area contributed by atoms with Gasteiger partial charge in [-0.05, 0) is 37.5 Å². The van der Waals surface area contributed by atoms with Crippen molar-refractivity contribution in [1.29, 1.82) is 0 Å². The van der Waals surface area contributed by atoms with Crippen LogP contribution in [0.25, 0.3) is 0 Å². The molecule has 16 heavy (non-hydrogen) atoms. The predicted molar refractivity (Wildman–Crippen MR) is 67.5 cm³/mol. The van der Waals surface area contributed by atoms with Crippen molar-refractivity contribution in [3.8, 4) is 0 Å². The van der Waals surface area contributed by atoms with Crippen LogP contribution in [0.1, 0.15) is 54.4 Å². The van der Waals surface area contributed by atoms with Crippen LogP contribution in [0.4, 0.5) is 0 Å². The zero-order valence-electron chi connectivity index (χ0n) is 11.7. The van der Waals surface area contributed by atoms with Gasteiger partial charge in [0.2, 0.25) is 0 Å². The maximum absolute atomic E-state index is 5.76. The van der Waals surface area contributed by atoms with Crippen molar-refractivity contribution in [3.05, 3.63) is 0 Å². The molecule has 94 valence electrons. The zero-order valence-corrected chi connectivity index (χ0v) is 11.7. The van der Waals surface area contributed by atoms with Gasteiger partial charge in [-0.25, -0.2) is 0 Å². The summed E-state index contributed by atoms with van der Waals surface area (Å²) < 4.78 is 5.76. The molecule has 0 radical (unpaired) electrons. The van der Waals surface area contributed by atoms with Crippen LogP contribution in [0.3, 0.4) is 0 Å². The lowest BCUT2D eigenvalue weighted by molar-refractivity contribution is -0.0635. The van der Waals surface area contributed by atoms with Gasteiger partial charge in [0.25, 0.3) is 0 Å². The first-order chi connectivity index (χ1) is 7.17. The first-order valence-corrected chi connectivity index (χ1v) is 6.57. The molecule has 1 saturated carbocycles. The maximum Gasteiger partial charge on any atom is 0.0641 e. The highest BCUT2D eigenvalue weighted by Gasteiger charge is 2.65. The Morgan fingerprint density at radius 1 is 1.00 bits per heavy atom. The average molecular weight is 225 g/mol. The predicted octanol–water partition coefficient (Wildman–Crippen LogP) is 2.97. The second-order valence-corrected chi connectivity index (χ2v) is 7.34. The number of rotatable bonds is 2. The quantitative estimate of drug-likeness (QED) is 0.780. The highest BCUT2D eigenvalue weighted by molar-refractivity contribution is 5.18. The van der Waals surface area contributed by atoms with Crippen molar-refractivity contribution in [3.63, 3.8) is 0 Å². The maximum atomic E-state index is 5.76. The molecule has 0 spiro atoms. The molecule has 1 aliphatic carbocycles. The summed E-state index contributed by atoms with van der Waals surface area (Å²) in [5.74, 6) is 0. The third-order valence-electron chi connectivity index (χ3n) is 5.12. The minimum Gasteiger partial charge on any atom is -0.375 e. The molecule has 1 unspecified atom stereocenters. The first kappa shape index (κ1) is 12.4. The molecule has 2 nitrogen and oxygen atoms in total. The lowest BCUT2D eigenvalue weighted by Gasteiger charge is -2.36. The smallest absolute Gasteiger partial charge is 0.0641 e. The Morgan fingerprint density at radius 3 is 2.00 bits per heavy atom. The van der Waals surface area contributed by atoms with Crippen LogP contribution in [0.2, 0.25) is 0 Å². The summed E-state index contributed by atoms with van der Waals surface area (Å²) >= 11 is 0. The van der Waals surface area contributed by atoms with Crippen molar-refractivity contribution in [2.45, 2.75) is 72.1 Å². The van der Waals surface area contributed by atoms with E-state index in [0.717, 1.165) is 19.4 Å². The topological polar surface area (TPSA) is 21.3 Å². The molecule has 2 fully saturated rings.